The molecule has 0 aliphatic carbocycles. The Bertz CT molecular complexity index is 862. The second kappa shape index (κ2) is 8.34. The van der Waals surface area contributed by atoms with Gasteiger partial charge in [-0.3, -0.25) is 0 Å². The zero-order valence-electron chi connectivity index (χ0n) is 15.4. The molecule has 2 aromatic carbocycles. The van der Waals surface area contributed by atoms with Crippen LogP contribution in [0.4, 0.5) is 17.3 Å². The van der Waals surface area contributed by atoms with E-state index in [2.05, 4.69) is 52.6 Å². The van der Waals surface area contributed by atoms with Gasteiger partial charge in [-0.05, 0) is 42.2 Å². The largest absolute Gasteiger partial charge is 0.497 e. The molecule has 1 aromatic heterocycles. The maximum Gasteiger partial charge on any atom is 0.135 e. The molecule has 0 bridgehead atoms. The predicted octanol–water partition coefficient (Wildman–Crippen LogP) is 4.71. The van der Waals surface area contributed by atoms with Gasteiger partial charge in [-0.1, -0.05) is 37.3 Å². The van der Waals surface area contributed by atoms with E-state index < -0.39 is 0 Å². The standard InChI is InChI=1S/C21H24N4O/c1-4-17-7-5-6-15(2)21(17)25-20-12-19(23-14-24-20)22-13-16-8-10-18(26-3)11-9-16/h5-12,14H,4,13H2,1-3H3,(H2,22,23,24,25). The summed E-state index contributed by atoms with van der Waals surface area (Å²) in [4.78, 5) is 8.66. The molecule has 0 amide bonds. The minimum atomic E-state index is 0.686. The third kappa shape index (κ3) is 4.30. The van der Waals surface area contributed by atoms with Gasteiger partial charge in [0.15, 0.2) is 0 Å². The Labute approximate surface area is 154 Å². The molecule has 0 atom stereocenters. The second-order valence-electron chi connectivity index (χ2n) is 6.08. The molecule has 0 aliphatic rings. The predicted molar refractivity (Wildman–Crippen MR) is 106 cm³/mol. The number of hydrogen-bond donors (Lipinski definition) is 2. The van der Waals surface area contributed by atoms with Crippen LogP contribution >= 0.6 is 0 Å². The van der Waals surface area contributed by atoms with Gasteiger partial charge < -0.3 is 15.4 Å². The van der Waals surface area contributed by atoms with Gasteiger partial charge >= 0.3 is 0 Å². The fourth-order valence-corrected chi connectivity index (χ4v) is 2.79. The van der Waals surface area contributed by atoms with E-state index in [0.29, 0.717) is 6.54 Å². The molecule has 134 valence electrons. The Morgan fingerprint density at radius 2 is 1.77 bits per heavy atom. The van der Waals surface area contributed by atoms with Crippen LogP contribution in [0.15, 0.2) is 54.9 Å². The molecule has 3 rings (SSSR count). The molecule has 0 fully saturated rings. The zero-order chi connectivity index (χ0) is 18.4. The molecule has 0 unspecified atom stereocenters. The molecule has 0 radical (unpaired) electrons. The van der Waals surface area contributed by atoms with Crippen molar-refractivity contribution in [2.24, 2.45) is 0 Å². The molecular formula is C21H24N4O. The van der Waals surface area contributed by atoms with Crippen molar-refractivity contribution in [1.29, 1.82) is 0 Å². The molecule has 0 aliphatic heterocycles. The average molecular weight is 348 g/mol. The molecule has 5 heteroatoms. The van der Waals surface area contributed by atoms with Crippen molar-refractivity contribution in [3.63, 3.8) is 0 Å². The molecule has 26 heavy (non-hydrogen) atoms. The highest BCUT2D eigenvalue weighted by atomic mass is 16.5. The number of aromatic nitrogens is 2. The third-order valence-electron chi connectivity index (χ3n) is 4.29. The number of nitrogens with one attached hydrogen (secondary N) is 2. The van der Waals surface area contributed by atoms with Crippen molar-refractivity contribution in [3.05, 3.63) is 71.5 Å². The quantitative estimate of drug-likeness (QED) is 0.647. The summed E-state index contributed by atoms with van der Waals surface area (Å²) in [6.45, 7) is 4.94. The number of hydrogen-bond acceptors (Lipinski definition) is 5. The van der Waals surface area contributed by atoms with Crippen LogP contribution in [-0.4, -0.2) is 17.1 Å². The number of methoxy groups -OCH3 is 1. The zero-order valence-corrected chi connectivity index (χ0v) is 15.4. The first kappa shape index (κ1) is 17.7. The third-order valence-corrected chi connectivity index (χ3v) is 4.29. The Kier molecular flexibility index (Phi) is 5.69. The average Bonchev–Trinajstić information content (AvgIpc) is 2.68. The normalized spacial score (nSPS) is 10.4. The van der Waals surface area contributed by atoms with E-state index in [-0.39, 0.29) is 0 Å². The van der Waals surface area contributed by atoms with E-state index in [1.54, 1.807) is 13.4 Å². The van der Waals surface area contributed by atoms with Crippen molar-refractivity contribution in [3.8, 4) is 5.75 Å². The van der Waals surface area contributed by atoms with Crippen LogP contribution in [-0.2, 0) is 13.0 Å². The second-order valence-corrected chi connectivity index (χ2v) is 6.08. The van der Waals surface area contributed by atoms with Gasteiger partial charge in [-0.2, -0.15) is 0 Å². The molecule has 0 saturated carbocycles. The van der Waals surface area contributed by atoms with E-state index in [0.717, 1.165) is 35.1 Å². The lowest BCUT2D eigenvalue weighted by molar-refractivity contribution is 0.414. The highest BCUT2D eigenvalue weighted by Crippen LogP contribution is 2.25. The van der Waals surface area contributed by atoms with Crippen LogP contribution < -0.4 is 15.4 Å². The highest BCUT2D eigenvalue weighted by molar-refractivity contribution is 5.66. The first-order valence-electron chi connectivity index (χ1n) is 8.74. The summed E-state index contributed by atoms with van der Waals surface area (Å²) >= 11 is 0. The van der Waals surface area contributed by atoms with Crippen LogP contribution in [0.25, 0.3) is 0 Å². The van der Waals surface area contributed by atoms with Crippen LogP contribution in [0.5, 0.6) is 5.75 Å². The molecule has 3 aromatic rings. The van der Waals surface area contributed by atoms with Crippen LogP contribution in [0.1, 0.15) is 23.6 Å². The summed E-state index contributed by atoms with van der Waals surface area (Å²) in [5, 5.41) is 6.77. The minimum Gasteiger partial charge on any atom is -0.497 e. The fraction of sp³-hybridized carbons (Fsp3) is 0.238. The number of nitrogens with zero attached hydrogens (tertiary/aromatic N) is 2. The van der Waals surface area contributed by atoms with E-state index in [1.807, 2.05) is 30.3 Å². The van der Waals surface area contributed by atoms with Crippen LogP contribution in [0.3, 0.4) is 0 Å². The first-order valence-corrected chi connectivity index (χ1v) is 8.74. The summed E-state index contributed by atoms with van der Waals surface area (Å²) in [5.74, 6) is 2.42. The number of anilines is 3. The summed E-state index contributed by atoms with van der Waals surface area (Å²) in [6, 6.07) is 16.2. The van der Waals surface area contributed by atoms with Gasteiger partial charge in [-0.25, -0.2) is 9.97 Å². The van der Waals surface area contributed by atoms with Crippen molar-refractivity contribution < 1.29 is 4.74 Å². The number of benzene rings is 2. The number of para-hydroxylation sites is 1. The minimum absolute atomic E-state index is 0.686. The van der Waals surface area contributed by atoms with Crippen LogP contribution in [0, 0.1) is 6.92 Å². The van der Waals surface area contributed by atoms with Crippen LogP contribution in [0.2, 0.25) is 0 Å². The number of rotatable bonds is 7. The van der Waals surface area contributed by atoms with Gasteiger partial charge in [0.1, 0.15) is 23.7 Å². The first-order chi connectivity index (χ1) is 12.7. The summed E-state index contributed by atoms with van der Waals surface area (Å²) in [6.07, 6.45) is 2.54. The number of ether oxygens (including phenoxy) is 1. The highest BCUT2D eigenvalue weighted by Gasteiger charge is 2.06. The summed E-state index contributed by atoms with van der Waals surface area (Å²) < 4.78 is 5.18. The molecule has 0 spiro atoms. The van der Waals surface area contributed by atoms with E-state index >= 15 is 0 Å². The summed E-state index contributed by atoms with van der Waals surface area (Å²) in [5.41, 5.74) is 4.76. The Morgan fingerprint density at radius 1 is 1.00 bits per heavy atom. The SMILES string of the molecule is CCc1cccc(C)c1Nc1cc(NCc2ccc(OC)cc2)ncn1. The van der Waals surface area contributed by atoms with E-state index in [4.69, 9.17) is 4.74 Å². The molecule has 0 saturated heterocycles. The lowest BCUT2D eigenvalue weighted by atomic mass is 10.1. The monoisotopic (exact) mass is 348 g/mol. The Balaban J connectivity index is 1.70. The van der Waals surface area contributed by atoms with Crippen molar-refractivity contribution in [1.82, 2.24) is 9.97 Å². The van der Waals surface area contributed by atoms with Gasteiger partial charge in [0.25, 0.3) is 0 Å². The van der Waals surface area contributed by atoms with Gasteiger partial charge in [0.2, 0.25) is 0 Å². The van der Waals surface area contributed by atoms with E-state index in [9.17, 15) is 0 Å². The maximum absolute atomic E-state index is 5.18. The lowest BCUT2D eigenvalue weighted by Gasteiger charge is -2.14. The lowest BCUT2D eigenvalue weighted by Crippen LogP contribution is -2.04. The molecule has 1 heterocycles. The molecular weight excluding hydrogens is 324 g/mol. The fourth-order valence-electron chi connectivity index (χ4n) is 2.79. The molecule has 2 N–H and O–H groups in total. The summed E-state index contributed by atoms with van der Waals surface area (Å²) in [7, 11) is 1.67. The van der Waals surface area contributed by atoms with Gasteiger partial charge in [-0.15, -0.1) is 0 Å². The van der Waals surface area contributed by atoms with E-state index in [1.165, 1.54) is 11.1 Å². The Hall–Kier alpha value is -3.08. The van der Waals surface area contributed by atoms with Gasteiger partial charge in [0.05, 0.1) is 7.11 Å². The Morgan fingerprint density at radius 3 is 2.50 bits per heavy atom. The van der Waals surface area contributed by atoms with Crippen molar-refractivity contribution in [2.45, 2.75) is 26.8 Å². The van der Waals surface area contributed by atoms with Crippen molar-refractivity contribution >= 4 is 17.3 Å². The van der Waals surface area contributed by atoms with Gasteiger partial charge in [0, 0.05) is 18.3 Å². The smallest absolute Gasteiger partial charge is 0.135 e. The molecule has 5 nitrogen and oxygen atoms in total. The number of aryl methyl sites for hydroxylation is 2. The maximum atomic E-state index is 5.18. The topological polar surface area (TPSA) is 59.1 Å². The van der Waals surface area contributed by atoms with Crippen molar-refractivity contribution in [2.75, 3.05) is 17.7 Å².